The van der Waals surface area contributed by atoms with Gasteiger partial charge in [-0.3, -0.25) is 4.79 Å². The molecule has 0 aromatic carbocycles. The lowest BCUT2D eigenvalue weighted by Gasteiger charge is -2.11. The van der Waals surface area contributed by atoms with Gasteiger partial charge in [0.1, 0.15) is 0 Å². The van der Waals surface area contributed by atoms with Crippen molar-refractivity contribution in [1.82, 2.24) is 4.72 Å². The van der Waals surface area contributed by atoms with E-state index in [0.29, 0.717) is 5.92 Å². The highest BCUT2D eigenvalue weighted by Crippen LogP contribution is 2.43. The lowest BCUT2D eigenvalue weighted by Crippen LogP contribution is -2.36. The highest BCUT2D eigenvalue weighted by molar-refractivity contribution is 7.85. The number of carbonyl (C=O) groups excluding carboxylic acids is 1. The molecule has 1 N–H and O–H groups in total. The van der Waals surface area contributed by atoms with Crippen LogP contribution in [0.4, 0.5) is 0 Å². The minimum Gasteiger partial charge on any atom is -0.274 e. The lowest BCUT2D eigenvalue weighted by molar-refractivity contribution is -0.121. The monoisotopic (exact) mass is 317 g/mol. The Kier molecular flexibility index (Phi) is 5.30. The van der Waals surface area contributed by atoms with Gasteiger partial charge in [0.05, 0.1) is 5.60 Å². The SMILES string of the molecule is CCCCCCC[C@@H]1C[C@@H]1C(=O)NS(=O)(=O)OC1(C)CC1. The molecule has 0 spiro atoms. The van der Waals surface area contributed by atoms with Crippen LogP contribution >= 0.6 is 0 Å². The molecule has 6 heteroatoms. The van der Waals surface area contributed by atoms with Crippen molar-refractivity contribution in [3.05, 3.63) is 0 Å². The van der Waals surface area contributed by atoms with Crippen molar-refractivity contribution < 1.29 is 17.4 Å². The molecule has 0 heterocycles. The molecule has 2 rings (SSSR count). The molecule has 0 saturated heterocycles. The zero-order chi connectivity index (χ0) is 15.5. The van der Waals surface area contributed by atoms with E-state index in [1.165, 1.54) is 25.7 Å². The second-order valence-corrected chi connectivity index (χ2v) is 8.04. The van der Waals surface area contributed by atoms with Crippen molar-refractivity contribution in [2.75, 3.05) is 0 Å². The zero-order valence-corrected chi connectivity index (χ0v) is 13.9. The summed E-state index contributed by atoms with van der Waals surface area (Å²) in [5.41, 5.74) is -0.589. The Balaban J connectivity index is 1.64. The van der Waals surface area contributed by atoms with Gasteiger partial charge in [-0.05, 0) is 38.5 Å². The second-order valence-electron chi connectivity index (χ2n) is 6.76. The summed E-state index contributed by atoms with van der Waals surface area (Å²) in [7, 11) is -3.94. The first-order valence-electron chi connectivity index (χ1n) is 8.12. The van der Waals surface area contributed by atoms with Crippen LogP contribution in [0.3, 0.4) is 0 Å². The number of carbonyl (C=O) groups is 1. The molecule has 0 aromatic heterocycles. The maximum Gasteiger partial charge on any atom is 0.362 e. The summed E-state index contributed by atoms with van der Waals surface area (Å²) < 4.78 is 30.5. The number of unbranched alkanes of at least 4 members (excludes halogenated alkanes) is 4. The zero-order valence-electron chi connectivity index (χ0n) is 13.1. The van der Waals surface area contributed by atoms with Crippen molar-refractivity contribution in [1.29, 1.82) is 0 Å². The third kappa shape index (κ3) is 5.58. The van der Waals surface area contributed by atoms with Crippen LogP contribution in [0.2, 0.25) is 0 Å². The van der Waals surface area contributed by atoms with Gasteiger partial charge in [0.25, 0.3) is 0 Å². The van der Waals surface area contributed by atoms with E-state index in [0.717, 1.165) is 32.1 Å². The molecule has 2 saturated carbocycles. The van der Waals surface area contributed by atoms with Crippen LogP contribution in [0.15, 0.2) is 0 Å². The van der Waals surface area contributed by atoms with E-state index in [9.17, 15) is 13.2 Å². The molecule has 1 amide bonds. The highest BCUT2D eigenvalue weighted by Gasteiger charge is 2.46. The molecule has 2 aliphatic rings. The minimum atomic E-state index is -3.94. The Morgan fingerprint density at radius 1 is 1.24 bits per heavy atom. The number of rotatable bonds is 10. The van der Waals surface area contributed by atoms with Gasteiger partial charge in [-0.15, -0.1) is 0 Å². The van der Waals surface area contributed by atoms with Gasteiger partial charge in [0, 0.05) is 5.92 Å². The normalized spacial score (nSPS) is 26.4. The van der Waals surface area contributed by atoms with Crippen LogP contribution in [0.25, 0.3) is 0 Å². The molecule has 0 radical (unpaired) electrons. The van der Waals surface area contributed by atoms with Crippen LogP contribution in [0.5, 0.6) is 0 Å². The van der Waals surface area contributed by atoms with Gasteiger partial charge in [-0.2, -0.15) is 8.42 Å². The van der Waals surface area contributed by atoms with Crippen LogP contribution in [-0.2, 0) is 19.3 Å². The largest absolute Gasteiger partial charge is 0.362 e. The molecule has 2 aliphatic carbocycles. The number of amides is 1. The third-order valence-corrected chi connectivity index (χ3v) is 5.50. The van der Waals surface area contributed by atoms with Crippen molar-refractivity contribution in [2.45, 2.75) is 77.2 Å². The molecular weight excluding hydrogens is 290 g/mol. The van der Waals surface area contributed by atoms with Gasteiger partial charge in [0.15, 0.2) is 0 Å². The third-order valence-electron chi connectivity index (χ3n) is 4.43. The fourth-order valence-electron chi connectivity index (χ4n) is 2.64. The van der Waals surface area contributed by atoms with Gasteiger partial charge in [-0.25, -0.2) is 8.91 Å². The van der Waals surface area contributed by atoms with Crippen molar-refractivity contribution in [3.8, 4) is 0 Å². The smallest absolute Gasteiger partial charge is 0.274 e. The molecule has 5 nitrogen and oxygen atoms in total. The molecule has 122 valence electrons. The van der Waals surface area contributed by atoms with E-state index < -0.39 is 21.8 Å². The van der Waals surface area contributed by atoms with Crippen LogP contribution in [0, 0.1) is 11.8 Å². The average molecular weight is 317 g/mol. The molecule has 0 aliphatic heterocycles. The Morgan fingerprint density at radius 3 is 2.52 bits per heavy atom. The summed E-state index contributed by atoms with van der Waals surface area (Å²) in [6.07, 6.45) is 9.38. The molecule has 2 fully saturated rings. The van der Waals surface area contributed by atoms with E-state index in [1.54, 1.807) is 6.92 Å². The standard InChI is InChI=1S/C15H27NO4S/c1-3-4-5-6-7-8-12-11-13(12)14(17)16-21(18,19)20-15(2)9-10-15/h12-13H,3-11H2,1-2H3,(H,16,17)/t12-,13+/m1/s1. The predicted molar refractivity (Wildman–Crippen MR) is 80.8 cm³/mol. The molecule has 0 bridgehead atoms. The average Bonchev–Trinajstić information content (AvgIpc) is 3.26. The van der Waals surface area contributed by atoms with E-state index in [-0.39, 0.29) is 5.92 Å². The fourth-order valence-corrected chi connectivity index (χ4v) is 3.78. The highest BCUT2D eigenvalue weighted by atomic mass is 32.2. The predicted octanol–water partition coefficient (Wildman–Crippen LogP) is 2.91. The molecular formula is C15H27NO4S. The number of hydrogen-bond donors (Lipinski definition) is 1. The Bertz CT molecular complexity index is 470. The first-order valence-corrected chi connectivity index (χ1v) is 9.53. The van der Waals surface area contributed by atoms with Gasteiger partial charge in [-0.1, -0.05) is 39.0 Å². The minimum absolute atomic E-state index is 0.137. The summed E-state index contributed by atoms with van der Waals surface area (Å²) in [6, 6.07) is 0. The lowest BCUT2D eigenvalue weighted by atomic mass is 10.1. The Morgan fingerprint density at radius 2 is 1.90 bits per heavy atom. The quantitative estimate of drug-likeness (QED) is 0.629. The van der Waals surface area contributed by atoms with Crippen LogP contribution < -0.4 is 4.72 Å². The van der Waals surface area contributed by atoms with Crippen molar-refractivity contribution in [3.63, 3.8) is 0 Å². The number of nitrogens with one attached hydrogen (secondary N) is 1. The maximum absolute atomic E-state index is 11.9. The second kappa shape index (κ2) is 6.65. The molecule has 0 unspecified atom stereocenters. The fraction of sp³-hybridized carbons (Fsp3) is 0.933. The van der Waals surface area contributed by atoms with Crippen LogP contribution in [0.1, 0.15) is 71.6 Å². The van der Waals surface area contributed by atoms with E-state index >= 15 is 0 Å². The van der Waals surface area contributed by atoms with E-state index in [1.807, 2.05) is 0 Å². The first kappa shape index (κ1) is 16.7. The van der Waals surface area contributed by atoms with E-state index in [2.05, 4.69) is 11.6 Å². The molecule has 0 aromatic rings. The summed E-state index contributed by atoms with van der Waals surface area (Å²) >= 11 is 0. The molecule has 2 atom stereocenters. The molecule has 21 heavy (non-hydrogen) atoms. The summed E-state index contributed by atoms with van der Waals surface area (Å²) in [5, 5.41) is 0. The first-order chi connectivity index (χ1) is 9.85. The maximum atomic E-state index is 11.9. The van der Waals surface area contributed by atoms with Crippen molar-refractivity contribution >= 4 is 16.2 Å². The Labute approximate surface area is 128 Å². The van der Waals surface area contributed by atoms with Crippen LogP contribution in [-0.4, -0.2) is 19.9 Å². The number of hydrogen-bond acceptors (Lipinski definition) is 4. The van der Waals surface area contributed by atoms with Gasteiger partial charge in [0.2, 0.25) is 5.91 Å². The van der Waals surface area contributed by atoms with Gasteiger partial charge < -0.3 is 0 Å². The summed E-state index contributed by atoms with van der Waals surface area (Å²) in [6.45, 7) is 3.93. The van der Waals surface area contributed by atoms with Gasteiger partial charge >= 0.3 is 10.3 Å². The summed E-state index contributed by atoms with van der Waals surface area (Å²) in [5.74, 6) is -0.169. The Hall–Kier alpha value is -0.620. The summed E-state index contributed by atoms with van der Waals surface area (Å²) in [4.78, 5) is 11.9. The topological polar surface area (TPSA) is 72.5 Å². The van der Waals surface area contributed by atoms with E-state index in [4.69, 9.17) is 4.18 Å². The van der Waals surface area contributed by atoms with Crippen molar-refractivity contribution in [2.24, 2.45) is 11.8 Å².